The molecule has 0 aliphatic rings. The topological polar surface area (TPSA) is 63.4 Å². The van der Waals surface area contributed by atoms with E-state index in [1.807, 2.05) is 30.3 Å². The van der Waals surface area contributed by atoms with Gasteiger partial charge in [-0.3, -0.25) is 0 Å². The minimum atomic E-state index is -3.74. The summed E-state index contributed by atoms with van der Waals surface area (Å²) in [7, 11) is -3.74. The van der Waals surface area contributed by atoms with Gasteiger partial charge in [-0.2, -0.15) is 4.31 Å². The van der Waals surface area contributed by atoms with E-state index >= 15 is 0 Å². The van der Waals surface area contributed by atoms with Gasteiger partial charge in [0.15, 0.2) is 0 Å². The fraction of sp³-hybridized carbons (Fsp3) is 0.250. The average Bonchev–Trinajstić information content (AvgIpc) is 2.52. The van der Waals surface area contributed by atoms with Crippen molar-refractivity contribution in [3.05, 3.63) is 66.0 Å². The summed E-state index contributed by atoms with van der Waals surface area (Å²) in [5.74, 6) is -0.572. The summed E-state index contributed by atoms with van der Waals surface area (Å²) in [5.41, 5.74) is 6.56. The third-order valence-electron chi connectivity index (χ3n) is 3.31. The Hall–Kier alpha value is -1.47. The van der Waals surface area contributed by atoms with Crippen LogP contribution in [0.1, 0.15) is 5.56 Å². The van der Waals surface area contributed by atoms with Gasteiger partial charge in [0.25, 0.3) is 0 Å². The van der Waals surface area contributed by atoms with E-state index in [9.17, 15) is 12.8 Å². The van der Waals surface area contributed by atoms with Crippen molar-refractivity contribution < 1.29 is 12.8 Å². The van der Waals surface area contributed by atoms with Crippen LogP contribution >= 0.6 is 12.4 Å². The molecule has 0 unspecified atom stereocenters. The lowest BCUT2D eigenvalue weighted by Gasteiger charge is -2.21. The number of nitrogens with two attached hydrogens (primary N) is 1. The van der Waals surface area contributed by atoms with Crippen LogP contribution < -0.4 is 5.73 Å². The predicted octanol–water partition coefficient (Wildman–Crippen LogP) is 2.44. The van der Waals surface area contributed by atoms with Crippen LogP contribution in [0.2, 0.25) is 0 Å². The Kier molecular flexibility index (Phi) is 7.64. The van der Waals surface area contributed by atoms with Gasteiger partial charge in [-0.25, -0.2) is 12.8 Å². The first-order valence-corrected chi connectivity index (χ1v) is 8.48. The van der Waals surface area contributed by atoms with Crippen LogP contribution in [0.3, 0.4) is 0 Å². The van der Waals surface area contributed by atoms with E-state index in [1.54, 1.807) is 0 Å². The normalized spacial score (nSPS) is 11.3. The largest absolute Gasteiger partial charge is 0.329 e. The lowest BCUT2D eigenvalue weighted by atomic mass is 10.1. The fourth-order valence-corrected chi connectivity index (χ4v) is 3.66. The second-order valence-electron chi connectivity index (χ2n) is 4.89. The Morgan fingerprint density at radius 3 is 2.30 bits per heavy atom. The molecule has 0 spiro atoms. The molecule has 0 aliphatic heterocycles. The highest BCUT2D eigenvalue weighted by molar-refractivity contribution is 7.89. The Bertz CT molecular complexity index is 711. The van der Waals surface area contributed by atoms with E-state index in [0.29, 0.717) is 13.0 Å². The van der Waals surface area contributed by atoms with Gasteiger partial charge in [0, 0.05) is 19.6 Å². The van der Waals surface area contributed by atoms with E-state index < -0.39 is 15.8 Å². The highest BCUT2D eigenvalue weighted by Crippen LogP contribution is 2.17. The fourth-order valence-electron chi connectivity index (χ4n) is 2.17. The molecule has 2 aromatic carbocycles. The number of nitrogens with zero attached hydrogens (tertiary/aromatic N) is 1. The number of hydrogen-bond donors (Lipinski definition) is 1. The maximum Gasteiger partial charge on any atom is 0.243 e. The molecule has 0 saturated heterocycles. The van der Waals surface area contributed by atoms with E-state index in [2.05, 4.69) is 0 Å². The molecule has 0 amide bonds. The number of benzene rings is 2. The van der Waals surface area contributed by atoms with Gasteiger partial charge in [-0.15, -0.1) is 12.4 Å². The molecule has 0 radical (unpaired) electrons. The molecule has 0 bridgehead atoms. The van der Waals surface area contributed by atoms with Crippen molar-refractivity contribution in [2.45, 2.75) is 11.3 Å². The van der Waals surface area contributed by atoms with E-state index in [0.717, 1.165) is 11.6 Å². The predicted molar refractivity (Wildman–Crippen MR) is 91.6 cm³/mol. The number of sulfonamides is 1. The molecular formula is C16H20ClFN2O2S. The first-order valence-electron chi connectivity index (χ1n) is 7.04. The van der Waals surface area contributed by atoms with Crippen molar-refractivity contribution in [3.63, 3.8) is 0 Å². The minimum absolute atomic E-state index is 0. The minimum Gasteiger partial charge on any atom is -0.329 e. The summed E-state index contributed by atoms with van der Waals surface area (Å²) in [6.07, 6.45) is 0.579. The SMILES string of the molecule is Cl.NCCN(CCc1ccccc1)S(=O)(=O)c1cccc(F)c1. The Morgan fingerprint density at radius 2 is 1.70 bits per heavy atom. The highest BCUT2D eigenvalue weighted by Gasteiger charge is 2.23. The lowest BCUT2D eigenvalue weighted by molar-refractivity contribution is 0.421. The van der Waals surface area contributed by atoms with Crippen molar-refractivity contribution in [3.8, 4) is 0 Å². The monoisotopic (exact) mass is 358 g/mol. The molecule has 4 nitrogen and oxygen atoms in total. The van der Waals surface area contributed by atoms with E-state index in [-0.39, 0.29) is 30.4 Å². The molecule has 126 valence electrons. The van der Waals surface area contributed by atoms with Gasteiger partial charge in [0.2, 0.25) is 10.0 Å². The van der Waals surface area contributed by atoms with Gasteiger partial charge in [0.1, 0.15) is 5.82 Å². The van der Waals surface area contributed by atoms with Crippen LogP contribution in [-0.4, -0.2) is 32.4 Å². The third kappa shape index (κ3) is 5.28. The maximum absolute atomic E-state index is 13.3. The standard InChI is InChI=1S/C16H19FN2O2S.ClH/c17-15-7-4-8-16(13-15)22(20,21)19(12-10-18)11-9-14-5-2-1-3-6-14;/h1-8,13H,9-12,18H2;1H. The van der Waals surface area contributed by atoms with Crippen LogP contribution in [0, 0.1) is 5.82 Å². The first-order chi connectivity index (χ1) is 10.5. The van der Waals surface area contributed by atoms with Crippen molar-refractivity contribution in [1.29, 1.82) is 0 Å². The number of hydrogen-bond acceptors (Lipinski definition) is 3. The molecule has 2 rings (SSSR count). The van der Waals surface area contributed by atoms with Crippen molar-refractivity contribution in [2.24, 2.45) is 5.73 Å². The van der Waals surface area contributed by atoms with Gasteiger partial charge in [-0.05, 0) is 30.2 Å². The molecule has 2 aromatic rings. The molecule has 0 aromatic heterocycles. The van der Waals surface area contributed by atoms with Gasteiger partial charge < -0.3 is 5.73 Å². The van der Waals surface area contributed by atoms with Crippen LogP contribution in [0.4, 0.5) is 4.39 Å². The van der Waals surface area contributed by atoms with E-state index in [4.69, 9.17) is 5.73 Å². The quantitative estimate of drug-likeness (QED) is 0.826. The summed E-state index contributed by atoms with van der Waals surface area (Å²) in [4.78, 5) is -0.0472. The molecule has 23 heavy (non-hydrogen) atoms. The summed E-state index contributed by atoms with van der Waals surface area (Å²) in [5, 5.41) is 0. The Balaban J connectivity index is 0.00000264. The molecule has 7 heteroatoms. The molecule has 0 atom stereocenters. The Labute approximate surface area is 142 Å². The summed E-state index contributed by atoms with van der Waals surface area (Å²) in [6.45, 7) is 0.717. The lowest BCUT2D eigenvalue weighted by Crippen LogP contribution is -2.37. The van der Waals surface area contributed by atoms with E-state index in [1.165, 1.54) is 22.5 Å². The highest BCUT2D eigenvalue weighted by atomic mass is 35.5. The smallest absolute Gasteiger partial charge is 0.243 e. The van der Waals surface area contributed by atoms with Crippen molar-refractivity contribution >= 4 is 22.4 Å². The van der Waals surface area contributed by atoms with Crippen molar-refractivity contribution in [2.75, 3.05) is 19.6 Å². The van der Waals surface area contributed by atoms with Gasteiger partial charge >= 0.3 is 0 Å². The number of halogens is 2. The maximum atomic E-state index is 13.3. The molecule has 0 aliphatic carbocycles. The van der Waals surface area contributed by atoms with Crippen LogP contribution in [0.25, 0.3) is 0 Å². The van der Waals surface area contributed by atoms with Crippen LogP contribution in [-0.2, 0) is 16.4 Å². The number of rotatable bonds is 7. The zero-order valence-electron chi connectivity index (χ0n) is 12.6. The second kappa shape index (κ2) is 8.98. The molecule has 0 fully saturated rings. The molecular weight excluding hydrogens is 339 g/mol. The summed E-state index contributed by atoms with van der Waals surface area (Å²) in [6, 6.07) is 14.6. The van der Waals surface area contributed by atoms with Gasteiger partial charge in [-0.1, -0.05) is 36.4 Å². The zero-order chi connectivity index (χ0) is 16.0. The molecule has 2 N–H and O–H groups in total. The zero-order valence-corrected chi connectivity index (χ0v) is 14.2. The van der Waals surface area contributed by atoms with Crippen LogP contribution in [0.5, 0.6) is 0 Å². The molecule has 0 heterocycles. The van der Waals surface area contributed by atoms with Gasteiger partial charge in [0.05, 0.1) is 4.90 Å². The summed E-state index contributed by atoms with van der Waals surface area (Å²) < 4.78 is 39.8. The Morgan fingerprint density at radius 1 is 1.00 bits per heavy atom. The van der Waals surface area contributed by atoms with Crippen LogP contribution in [0.15, 0.2) is 59.5 Å². The second-order valence-corrected chi connectivity index (χ2v) is 6.82. The molecule has 0 saturated carbocycles. The first kappa shape index (κ1) is 19.6. The van der Waals surface area contributed by atoms with Crippen molar-refractivity contribution in [1.82, 2.24) is 4.31 Å². The average molecular weight is 359 g/mol. The summed E-state index contributed by atoms with van der Waals surface area (Å²) >= 11 is 0. The third-order valence-corrected chi connectivity index (χ3v) is 5.20.